The normalized spacial score (nSPS) is 17.9. The van der Waals surface area contributed by atoms with Gasteiger partial charge in [-0.3, -0.25) is 4.79 Å². The Morgan fingerprint density at radius 3 is 2.65 bits per heavy atom. The Labute approximate surface area is 126 Å². The molecule has 1 aliphatic carbocycles. The maximum absolute atomic E-state index is 12.5. The van der Waals surface area contributed by atoms with E-state index in [0.717, 1.165) is 24.0 Å². The summed E-state index contributed by atoms with van der Waals surface area (Å²) in [7, 11) is 1.65. The minimum absolute atomic E-state index is 0.158. The summed E-state index contributed by atoms with van der Waals surface area (Å²) in [5.41, 5.74) is 2.02. The summed E-state index contributed by atoms with van der Waals surface area (Å²) in [5.74, 6) is 0.538. The smallest absolute Gasteiger partial charge is 0.166 e. The van der Waals surface area contributed by atoms with E-state index in [0.29, 0.717) is 17.4 Å². The molecular weight excluding hydrogens is 272 g/mol. The van der Waals surface area contributed by atoms with Gasteiger partial charge in [-0.2, -0.15) is 0 Å². The maximum atomic E-state index is 12.5. The van der Waals surface area contributed by atoms with Crippen molar-refractivity contribution in [3.05, 3.63) is 34.3 Å². The third-order valence-electron chi connectivity index (χ3n) is 4.22. The average molecular weight is 295 g/mol. The van der Waals surface area contributed by atoms with Crippen LogP contribution < -0.4 is 0 Å². The van der Waals surface area contributed by atoms with E-state index in [4.69, 9.17) is 16.3 Å². The van der Waals surface area contributed by atoms with E-state index < -0.39 is 0 Å². The molecule has 1 aromatic rings. The van der Waals surface area contributed by atoms with Crippen molar-refractivity contribution < 1.29 is 9.53 Å². The van der Waals surface area contributed by atoms with Gasteiger partial charge in [0, 0.05) is 18.6 Å². The molecule has 0 heterocycles. The van der Waals surface area contributed by atoms with E-state index in [-0.39, 0.29) is 11.9 Å². The highest BCUT2D eigenvalue weighted by Crippen LogP contribution is 2.29. The van der Waals surface area contributed by atoms with Crippen LogP contribution in [0.15, 0.2) is 18.2 Å². The standard InChI is InChI=1S/C17H23ClO2/c1-12-8-9-14(15(18)10-12)11-16(19)17(20-2)13-6-4-3-5-7-13/h8-10,13,17H,3-7,11H2,1-2H3. The van der Waals surface area contributed by atoms with Crippen LogP contribution in [0.4, 0.5) is 0 Å². The molecule has 3 heteroatoms. The van der Waals surface area contributed by atoms with Crippen molar-refractivity contribution in [2.75, 3.05) is 7.11 Å². The lowest BCUT2D eigenvalue weighted by Gasteiger charge is -2.28. The highest BCUT2D eigenvalue weighted by Gasteiger charge is 2.29. The Hall–Kier alpha value is -0.860. The van der Waals surface area contributed by atoms with Gasteiger partial charge < -0.3 is 4.74 Å². The minimum atomic E-state index is -0.271. The fourth-order valence-corrected chi connectivity index (χ4v) is 3.41. The number of halogens is 1. The van der Waals surface area contributed by atoms with Crippen LogP contribution in [0.25, 0.3) is 0 Å². The summed E-state index contributed by atoms with van der Waals surface area (Å²) in [4.78, 5) is 12.5. The first-order valence-corrected chi connectivity index (χ1v) is 7.80. The van der Waals surface area contributed by atoms with Crippen molar-refractivity contribution in [3.63, 3.8) is 0 Å². The first-order chi connectivity index (χ1) is 9.61. The van der Waals surface area contributed by atoms with Crippen molar-refractivity contribution in [2.24, 2.45) is 5.92 Å². The predicted molar refractivity (Wildman–Crippen MR) is 82.3 cm³/mol. The van der Waals surface area contributed by atoms with E-state index in [1.54, 1.807) is 7.11 Å². The number of ether oxygens (including phenoxy) is 1. The van der Waals surface area contributed by atoms with Crippen LogP contribution in [0.1, 0.15) is 43.2 Å². The summed E-state index contributed by atoms with van der Waals surface area (Å²) in [5, 5.41) is 0.678. The zero-order chi connectivity index (χ0) is 14.5. The molecule has 1 unspecified atom stereocenters. The molecule has 0 spiro atoms. The maximum Gasteiger partial charge on any atom is 0.166 e. The van der Waals surface area contributed by atoms with Crippen molar-refractivity contribution >= 4 is 17.4 Å². The molecule has 20 heavy (non-hydrogen) atoms. The van der Waals surface area contributed by atoms with E-state index in [1.807, 2.05) is 25.1 Å². The molecule has 0 radical (unpaired) electrons. The zero-order valence-corrected chi connectivity index (χ0v) is 13.1. The zero-order valence-electron chi connectivity index (χ0n) is 12.3. The predicted octanol–water partition coefficient (Wildman–Crippen LogP) is 4.36. The number of benzene rings is 1. The van der Waals surface area contributed by atoms with Gasteiger partial charge in [0.25, 0.3) is 0 Å². The molecule has 0 amide bonds. The Kier molecular flexibility index (Phi) is 5.62. The molecule has 1 aromatic carbocycles. The topological polar surface area (TPSA) is 26.3 Å². The molecule has 1 fully saturated rings. The van der Waals surface area contributed by atoms with Gasteiger partial charge in [0.15, 0.2) is 5.78 Å². The number of rotatable bonds is 5. The SMILES string of the molecule is COC(C(=O)Cc1ccc(C)cc1Cl)C1CCCCC1. The summed E-state index contributed by atoms with van der Waals surface area (Å²) >= 11 is 6.21. The third kappa shape index (κ3) is 3.83. The van der Waals surface area contributed by atoms with Gasteiger partial charge in [-0.25, -0.2) is 0 Å². The Balaban J connectivity index is 2.04. The summed E-state index contributed by atoms with van der Waals surface area (Å²) < 4.78 is 5.49. The second kappa shape index (κ2) is 7.24. The van der Waals surface area contributed by atoms with Gasteiger partial charge in [0.2, 0.25) is 0 Å². The number of ketones is 1. The summed E-state index contributed by atoms with van der Waals surface area (Å²) in [6, 6.07) is 5.85. The molecule has 1 aliphatic rings. The lowest BCUT2D eigenvalue weighted by Crippen LogP contribution is -2.34. The second-order valence-corrected chi connectivity index (χ2v) is 6.20. The van der Waals surface area contributed by atoms with Gasteiger partial charge in [0.05, 0.1) is 0 Å². The fourth-order valence-electron chi connectivity index (χ4n) is 3.11. The molecule has 0 N–H and O–H groups in total. The van der Waals surface area contributed by atoms with E-state index >= 15 is 0 Å². The first-order valence-electron chi connectivity index (χ1n) is 7.42. The van der Waals surface area contributed by atoms with Gasteiger partial charge in [-0.05, 0) is 42.9 Å². The fraction of sp³-hybridized carbons (Fsp3) is 0.588. The van der Waals surface area contributed by atoms with Crippen molar-refractivity contribution in [3.8, 4) is 0 Å². The lowest BCUT2D eigenvalue weighted by molar-refractivity contribution is -0.132. The molecule has 2 nitrogen and oxygen atoms in total. The van der Waals surface area contributed by atoms with Crippen LogP contribution in [-0.4, -0.2) is 19.0 Å². The van der Waals surface area contributed by atoms with E-state index in [1.165, 1.54) is 19.3 Å². The number of hydrogen-bond donors (Lipinski definition) is 0. The lowest BCUT2D eigenvalue weighted by atomic mass is 9.82. The molecule has 0 aromatic heterocycles. The van der Waals surface area contributed by atoms with Crippen LogP contribution in [0.3, 0.4) is 0 Å². The van der Waals surface area contributed by atoms with E-state index in [9.17, 15) is 4.79 Å². The van der Waals surface area contributed by atoms with Gasteiger partial charge >= 0.3 is 0 Å². The summed E-state index contributed by atoms with van der Waals surface area (Å²) in [6.07, 6.45) is 6.01. The highest BCUT2D eigenvalue weighted by molar-refractivity contribution is 6.31. The quantitative estimate of drug-likeness (QED) is 0.807. The van der Waals surface area contributed by atoms with Crippen LogP contribution >= 0.6 is 11.6 Å². The Bertz CT molecular complexity index is 464. The number of hydrogen-bond acceptors (Lipinski definition) is 2. The second-order valence-electron chi connectivity index (χ2n) is 5.79. The Morgan fingerprint density at radius 2 is 2.05 bits per heavy atom. The molecule has 0 bridgehead atoms. The van der Waals surface area contributed by atoms with Gasteiger partial charge in [-0.15, -0.1) is 0 Å². The van der Waals surface area contributed by atoms with Gasteiger partial charge in [-0.1, -0.05) is 43.0 Å². The molecule has 1 saturated carbocycles. The number of carbonyl (C=O) groups excluding carboxylic acids is 1. The molecule has 110 valence electrons. The van der Waals surface area contributed by atoms with Crippen LogP contribution in [0, 0.1) is 12.8 Å². The molecule has 0 aliphatic heterocycles. The number of carbonyl (C=O) groups is 1. The van der Waals surface area contributed by atoms with Crippen LogP contribution in [-0.2, 0) is 16.0 Å². The molecule has 0 saturated heterocycles. The van der Waals surface area contributed by atoms with Crippen LogP contribution in [0.5, 0.6) is 0 Å². The van der Waals surface area contributed by atoms with Gasteiger partial charge in [0.1, 0.15) is 6.10 Å². The number of aryl methyl sites for hydroxylation is 1. The number of methoxy groups -OCH3 is 1. The Morgan fingerprint density at radius 1 is 1.35 bits per heavy atom. The molecule has 2 rings (SSSR count). The van der Waals surface area contributed by atoms with Crippen molar-refractivity contribution in [1.29, 1.82) is 0 Å². The molecule has 1 atom stereocenters. The molecular formula is C17H23ClO2. The van der Waals surface area contributed by atoms with E-state index in [2.05, 4.69) is 0 Å². The average Bonchev–Trinajstić information content (AvgIpc) is 2.44. The summed E-state index contributed by atoms with van der Waals surface area (Å²) in [6.45, 7) is 2.00. The monoisotopic (exact) mass is 294 g/mol. The van der Waals surface area contributed by atoms with Crippen molar-refractivity contribution in [2.45, 2.75) is 51.6 Å². The number of Topliss-reactive ketones (excluding diaryl/α,β-unsaturated/α-hetero) is 1. The highest BCUT2D eigenvalue weighted by atomic mass is 35.5. The first kappa shape index (κ1) is 15.5. The third-order valence-corrected chi connectivity index (χ3v) is 4.57. The van der Waals surface area contributed by atoms with Crippen LogP contribution in [0.2, 0.25) is 5.02 Å². The van der Waals surface area contributed by atoms with Crippen molar-refractivity contribution in [1.82, 2.24) is 0 Å². The minimum Gasteiger partial charge on any atom is -0.373 e. The largest absolute Gasteiger partial charge is 0.373 e.